The summed E-state index contributed by atoms with van der Waals surface area (Å²) in [6.45, 7) is 5.56. The van der Waals surface area contributed by atoms with E-state index < -0.39 is 15.9 Å². The van der Waals surface area contributed by atoms with Gasteiger partial charge in [0.15, 0.2) is 0 Å². The van der Waals surface area contributed by atoms with Crippen LogP contribution in [0.1, 0.15) is 49.3 Å². The molecular formula is C30H36N2O4S. The topological polar surface area (TPSA) is 66.9 Å². The highest BCUT2D eigenvalue weighted by Crippen LogP contribution is 2.33. The lowest BCUT2D eigenvalue weighted by Gasteiger charge is -2.35. The van der Waals surface area contributed by atoms with E-state index in [-0.39, 0.29) is 23.3 Å². The minimum Gasteiger partial charge on any atom is -0.495 e. The maximum Gasteiger partial charge on any atom is 0.246 e. The summed E-state index contributed by atoms with van der Waals surface area (Å²) in [5, 5.41) is 0. The van der Waals surface area contributed by atoms with Gasteiger partial charge >= 0.3 is 0 Å². The van der Waals surface area contributed by atoms with E-state index in [1.807, 2.05) is 85.5 Å². The van der Waals surface area contributed by atoms with Crippen LogP contribution in [-0.4, -0.2) is 43.7 Å². The van der Waals surface area contributed by atoms with Crippen molar-refractivity contribution in [3.05, 3.63) is 95.6 Å². The highest BCUT2D eigenvalue weighted by molar-refractivity contribution is 7.89. The number of carbonyl (C=O) groups is 1. The third-order valence-corrected chi connectivity index (χ3v) is 8.84. The van der Waals surface area contributed by atoms with Crippen LogP contribution in [0.3, 0.4) is 0 Å². The molecule has 1 aliphatic heterocycles. The summed E-state index contributed by atoms with van der Waals surface area (Å²) < 4.78 is 34.4. The molecule has 37 heavy (non-hydrogen) atoms. The number of amides is 1. The van der Waals surface area contributed by atoms with Crippen LogP contribution in [0.15, 0.2) is 83.8 Å². The molecule has 0 saturated carbocycles. The smallest absolute Gasteiger partial charge is 0.246 e. The quantitative estimate of drug-likeness (QED) is 0.376. The molecule has 4 rings (SSSR count). The van der Waals surface area contributed by atoms with Gasteiger partial charge in [-0.3, -0.25) is 4.79 Å². The van der Waals surface area contributed by atoms with Crippen molar-refractivity contribution < 1.29 is 17.9 Å². The zero-order chi connectivity index (χ0) is 26.4. The molecule has 0 aliphatic carbocycles. The number of carbonyl (C=O) groups excluding carboxylic acids is 1. The molecule has 1 saturated heterocycles. The van der Waals surface area contributed by atoms with E-state index in [1.54, 1.807) is 12.1 Å². The largest absolute Gasteiger partial charge is 0.495 e. The van der Waals surface area contributed by atoms with Gasteiger partial charge < -0.3 is 9.64 Å². The van der Waals surface area contributed by atoms with Crippen LogP contribution in [0.2, 0.25) is 0 Å². The zero-order valence-corrected chi connectivity index (χ0v) is 22.7. The fourth-order valence-corrected chi connectivity index (χ4v) is 6.55. The van der Waals surface area contributed by atoms with E-state index in [0.29, 0.717) is 38.2 Å². The molecule has 0 spiro atoms. The Balaban J connectivity index is 1.59. The number of hydrogen-bond acceptors (Lipinski definition) is 4. The summed E-state index contributed by atoms with van der Waals surface area (Å²) in [5.41, 5.74) is 3.02. The molecule has 0 unspecified atom stereocenters. The Morgan fingerprint density at radius 2 is 1.57 bits per heavy atom. The Kier molecular flexibility index (Phi) is 8.67. The minimum absolute atomic E-state index is 0.0181. The van der Waals surface area contributed by atoms with Crippen molar-refractivity contribution in [1.29, 1.82) is 0 Å². The molecule has 1 aliphatic rings. The van der Waals surface area contributed by atoms with E-state index in [1.165, 1.54) is 11.4 Å². The van der Waals surface area contributed by atoms with Crippen LogP contribution < -0.4 is 4.74 Å². The third kappa shape index (κ3) is 6.40. The molecule has 1 heterocycles. The van der Waals surface area contributed by atoms with Gasteiger partial charge in [0.25, 0.3) is 0 Å². The number of methoxy groups -OCH3 is 1. The summed E-state index contributed by atoms with van der Waals surface area (Å²) in [7, 11) is -2.35. The van der Waals surface area contributed by atoms with Crippen LogP contribution in [0, 0.1) is 5.92 Å². The predicted molar refractivity (Wildman–Crippen MR) is 146 cm³/mol. The van der Waals surface area contributed by atoms with Crippen molar-refractivity contribution in [3.8, 4) is 5.75 Å². The average Bonchev–Trinajstić information content (AvgIpc) is 2.93. The Morgan fingerprint density at radius 3 is 2.11 bits per heavy atom. The number of rotatable bonds is 9. The summed E-state index contributed by atoms with van der Waals surface area (Å²) in [4.78, 5) is 15.9. The fraction of sp³-hybridized carbons (Fsp3) is 0.367. The number of sulfonamides is 1. The van der Waals surface area contributed by atoms with Crippen molar-refractivity contribution in [2.45, 2.75) is 50.6 Å². The summed E-state index contributed by atoms with van der Waals surface area (Å²) >= 11 is 0. The lowest BCUT2D eigenvalue weighted by atomic mass is 9.97. The third-order valence-electron chi connectivity index (χ3n) is 6.95. The van der Waals surface area contributed by atoms with Crippen molar-refractivity contribution in [2.75, 3.05) is 20.2 Å². The highest BCUT2D eigenvalue weighted by atomic mass is 32.2. The van der Waals surface area contributed by atoms with Gasteiger partial charge in [0.1, 0.15) is 10.6 Å². The highest BCUT2D eigenvalue weighted by Gasteiger charge is 2.36. The SMILES string of the molecule is COc1ccc(C(C)C)cc1S(=O)(=O)N1CCC[C@@H](C(=O)N(Cc2ccccc2)Cc2ccccc2)C1. The number of piperidine rings is 1. The molecule has 0 radical (unpaired) electrons. The van der Waals surface area contributed by atoms with E-state index in [4.69, 9.17) is 4.74 Å². The molecular weight excluding hydrogens is 484 g/mol. The lowest BCUT2D eigenvalue weighted by molar-refractivity contribution is -0.138. The van der Waals surface area contributed by atoms with Crippen molar-refractivity contribution in [3.63, 3.8) is 0 Å². The molecule has 3 aromatic rings. The molecule has 196 valence electrons. The van der Waals surface area contributed by atoms with Crippen LogP contribution >= 0.6 is 0 Å². The first-order valence-corrected chi connectivity index (χ1v) is 14.3. The number of ether oxygens (including phenoxy) is 1. The molecule has 1 fully saturated rings. The van der Waals surface area contributed by atoms with Gasteiger partial charge in [0.05, 0.1) is 13.0 Å². The first-order chi connectivity index (χ1) is 17.8. The normalized spacial score (nSPS) is 16.5. The Labute approximate surface area is 220 Å². The van der Waals surface area contributed by atoms with E-state index in [0.717, 1.165) is 16.7 Å². The molecule has 7 heteroatoms. The molecule has 0 aromatic heterocycles. The maximum absolute atomic E-state index is 13.9. The first-order valence-electron chi connectivity index (χ1n) is 12.8. The summed E-state index contributed by atoms with van der Waals surface area (Å²) in [6.07, 6.45) is 1.29. The van der Waals surface area contributed by atoms with E-state index >= 15 is 0 Å². The Bertz CT molecular complexity index is 1250. The monoisotopic (exact) mass is 520 g/mol. The van der Waals surface area contributed by atoms with Gasteiger partial charge in [-0.1, -0.05) is 80.6 Å². The number of hydrogen-bond donors (Lipinski definition) is 0. The lowest BCUT2D eigenvalue weighted by Crippen LogP contribution is -2.46. The van der Waals surface area contributed by atoms with Gasteiger partial charge in [0.2, 0.25) is 15.9 Å². The fourth-order valence-electron chi connectivity index (χ4n) is 4.83. The minimum atomic E-state index is -3.83. The first kappa shape index (κ1) is 26.9. The van der Waals surface area contributed by atoms with Crippen LogP contribution in [-0.2, 0) is 27.9 Å². The van der Waals surface area contributed by atoms with Crippen LogP contribution in [0.25, 0.3) is 0 Å². The van der Waals surface area contributed by atoms with Gasteiger partial charge in [-0.25, -0.2) is 8.42 Å². The Hall–Kier alpha value is -3.16. The second kappa shape index (κ2) is 11.9. The van der Waals surface area contributed by atoms with E-state index in [2.05, 4.69) is 0 Å². The molecule has 6 nitrogen and oxygen atoms in total. The molecule has 0 bridgehead atoms. The predicted octanol–water partition coefficient (Wildman–Crippen LogP) is 5.45. The number of nitrogens with zero attached hydrogens (tertiary/aromatic N) is 2. The van der Waals surface area contributed by atoms with Gasteiger partial charge in [-0.05, 0) is 47.6 Å². The van der Waals surface area contributed by atoms with Gasteiger partial charge in [0, 0.05) is 26.2 Å². The average molecular weight is 521 g/mol. The van der Waals surface area contributed by atoms with Crippen molar-refractivity contribution in [2.24, 2.45) is 5.92 Å². The standard InChI is InChI=1S/C30H36N2O4S/c1-23(2)26-16-17-28(36-3)29(19-26)37(34,35)32-18-10-15-27(22-32)30(33)31(20-24-11-6-4-7-12-24)21-25-13-8-5-9-14-25/h4-9,11-14,16-17,19,23,27H,10,15,18,20-22H2,1-3H3/t27-/m1/s1. The van der Waals surface area contributed by atoms with E-state index in [9.17, 15) is 13.2 Å². The van der Waals surface area contributed by atoms with Crippen molar-refractivity contribution >= 4 is 15.9 Å². The molecule has 1 atom stereocenters. The van der Waals surface area contributed by atoms with Crippen LogP contribution in [0.5, 0.6) is 5.75 Å². The Morgan fingerprint density at radius 1 is 0.973 bits per heavy atom. The second-order valence-corrected chi connectivity index (χ2v) is 11.8. The van der Waals surface area contributed by atoms with Crippen molar-refractivity contribution in [1.82, 2.24) is 9.21 Å². The molecule has 3 aromatic carbocycles. The van der Waals surface area contributed by atoms with Crippen LogP contribution in [0.4, 0.5) is 0 Å². The molecule has 1 amide bonds. The molecule has 0 N–H and O–H groups in total. The maximum atomic E-state index is 13.9. The summed E-state index contributed by atoms with van der Waals surface area (Å²) in [5.74, 6) is 0.0819. The second-order valence-electron chi connectivity index (χ2n) is 9.93. The van der Waals surface area contributed by atoms with Gasteiger partial charge in [-0.2, -0.15) is 4.31 Å². The summed E-state index contributed by atoms with van der Waals surface area (Å²) in [6, 6.07) is 25.2. The zero-order valence-electron chi connectivity index (χ0n) is 21.8. The van der Waals surface area contributed by atoms with Gasteiger partial charge in [-0.15, -0.1) is 0 Å². The number of benzene rings is 3.